The fourth-order valence-electron chi connectivity index (χ4n) is 4.67. The zero-order valence-electron chi connectivity index (χ0n) is 22.9. The van der Waals surface area contributed by atoms with E-state index in [4.69, 9.17) is 14.8 Å². The molecule has 8 heteroatoms. The predicted octanol–water partition coefficient (Wildman–Crippen LogP) is 6.94. The minimum atomic E-state index is -0.426. The van der Waals surface area contributed by atoms with Gasteiger partial charge in [0.25, 0.3) is 5.91 Å². The van der Waals surface area contributed by atoms with Crippen LogP contribution in [0.2, 0.25) is 0 Å². The van der Waals surface area contributed by atoms with Crippen LogP contribution in [0.15, 0.2) is 89.2 Å². The number of allylic oxidation sites excluding steroid dienone is 1. The number of hydrogen-bond donors (Lipinski definition) is 2. The first-order valence-electron chi connectivity index (χ1n) is 13.0. The number of aromatic nitrogens is 3. The summed E-state index contributed by atoms with van der Waals surface area (Å²) in [6, 6.07) is 23.8. The number of anilines is 2. The molecule has 3 aromatic carbocycles. The second-order valence-corrected chi connectivity index (χ2v) is 10.9. The number of benzene rings is 3. The molecule has 0 radical (unpaired) electrons. The number of ether oxygens (including phenoxy) is 1. The summed E-state index contributed by atoms with van der Waals surface area (Å²) in [5.41, 5.74) is 6.49. The van der Waals surface area contributed by atoms with Crippen LogP contribution in [0.1, 0.15) is 55.0 Å². The van der Waals surface area contributed by atoms with Gasteiger partial charge in [-0.25, -0.2) is 4.68 Å². The van der Waals surface area contributed by atoms with Crippen molar-refractivity contribution < 1.29 is 9.53 Å². The number of aryl methyl sites for hydroxylation is 1. The van der Waals surface area contributed by atoms with E-state index >= 15 is 0 Å². The summed E-state index contributed by atoms with van der Waals surface area (Å²) in [7, 11) is 1.67. The van der Waals surface area contributed by atoms with Crippen molar-refractivity contribution in [3.8, 4) is 5.75 Å². The Hall–Kier alpha value is -4.04. The highest BCUT2D eigenvalue weighted by molar-refractivity contribution is 7.98. The first-order valence-corrected chi connectivity index (χ1v) is 14.0. The monoisotopic (exact) mass is 539 g/mol. The van der Waals surface area contributed by atoms with Crippen molar-refractivity contribution in [2.75, 3.05) is 17.7 Å². The lowest BCUT2D eigenvalue weighted by molar-refractivity contribution is -0.113. The van der Waals surface area contributed by atoms with Crippen LogP contribution in [0.3, 0.4) is 0 Å². The van der Waals surface area contributed by atoms with Crippen LogP contribution in [0, 0.1) is 6.92 Å². The maximum absolute atomic E-state index is 13.8. The van der Waals surface area contributed by atoms with Crippen LogP contribution in [-0.4, -0.2) is 27.8 Å². The first kappa shape index (κ1) is 26.6. The Bertz CT molecular complexity index is 1520. The van der Waals surface area contributed by atoms with Gasteiger partial charge in [-0.05, 0) is 60.2 Å². The number of methoxy groups -OCH3 is 1. The van der Waals surface area contributed by atoms with Crippen LogP contribution >= 0.6 is 11.8 Å². The van der Waals surface area contributed by atoms with Crippen LogP contribution in [0.4, 0.5) is 11.6 Å². The van der Waals surface area contributed by atoms with Crippen LogP contribution in [-0.2, 0) is 10.5 Å². The van der Waals surface area contributed by atoms with E-state index in [0.29, 0.717) is 28.3 Å². The maximum Gasteiger partial charge on any atom is 0.255 e. The fourth-order valence-corrected chi connectivity index (χ4v) is 5.44. The largest absolute Gasteiger partial charge is 0.497 e. The summed E-state index contributed by atoms with van der Waals surface area (Å²) in [4.78, 5) is 18.6. The third kappa shape index (κ3) is 5.71. The molecule has 1 atom stereocenters. The summed E-state index contributed by atoms with van der Waals surface area (Å²) >= 11 is 1.55. The molecule has 7 nitrogen and oxygen atoms in total. The van der Waals surface area contributed by atoms with Gasteiger partial charge in [-0.2, -0.15) is 4.98 Å². The fraction of sp³-hybridized carbons (Fsp3) is 0.258. The van der Waals surface area contributed by atoms with Gasteiger partial charge in [-0.3, -0.25) is 4.79 Å². The van der Waals surface area contributed by atoms with Gasteiger partial charge in [0.2, 0.25) is 11.1 Å². The lowest BCUT2D eigenvalue weighted by atomic mass is 9.92. The average Bonchev–Trinajstić information content (AvgIpc) is 3.34. The third-order valence-electron chi connectivity index (χ3n) is 6.89. The Labute approximate surface area is 233 Å². The average molecular weight is 540 g/mol. The van der Waals surface area contributed by atoms with Crippen LogP contribution in [0.25, 0.3) is 0 Å². The lowest BCUT2D eigenvalue weighted by Gasteiger charge is -2.29. The van der Waals surface area contributed by atoms with Gasteiger partial charge in [0.05, 0.1) is 12.7 Å². The SMILES string of the molecule is COc1cccc(CSc2nc3n(n2)[C@H](c2ccc(C(C)C)cc2)C(C(=O)Nc2ccccc2C)=C(C)N3)c1. The van der Waals surface area contributed by atoms with E-state index in [0.717, 1.165) is 33.8 Å². The number of hydrogen-bond acceptors (Lipinski definition) is 6. The van der Waals surface area contributed by atoms with Crippen molar-refractivity contribution in [1.29, 1.82) is 0 Å². The summed E-state index contributed by atoms with van der Waals surface area (Å²) in [6.45, 7) is 8.25. The second kappa shape index (κ2) is 11.4. The van der Waals surface area contributed by atoms with Crippen LogP contribution < -0.4 is 15.4 Å². The van der Waals surface area contributed by atoms with Crippen molar-refractivity contribution in [3.05, 3.63) is 106 Å². The Morgan fingerprint density at radius 3 is 2.56 bits per heavy atom. The molecule has 4 aromatic rings. The lowest BCUT2D eigenvalue weighted by Crippen LogP contribution is -2.31. The minimum Gasteiger partial charge on any atom is -0.497 e. The standard InChI is InChI=1S/C31H33N5O2S/c1-19(2)23-13-15-24(16-14-23)28-27(29(37)33-26-12-7-6-9-20(26)3)21(4)32-30-34-31(35-36(28)30)39-18-22-10-8-11-25(17-22)38-5/h6-17,19,28H,18H2,1-5H3,(H,33,37)(H,32,34,35)/t28-/m1/s1. The van der Waals surface area contributed by atoms with Crippen LogP contribution in [0.5, 0.6) is 5.75 Å². The molecule has 0 aliphatic carbocycles. The summed E-state index contributed by atoms with van der Waals surface area (Å²) in [5.74, 6) is 2.38. The van der Waals surface area contributed by atoms with Gasteiger partial charge < -0.3 is 15.4 Å². The van der Waals surface area contributed by atoms with E-state index in [2.05, 4.69) is 54.8 Å². The van der Waals surface area contributed by atoms with Crippen molar-refractivity contribution in [1.82, 2.24) is 14.8 Å². The molecule has 1 aliphatic rings. The summed E-state index contributed by atoms with van der Waals surface area (Å²) in [6.07, 6.45) is 0. The van der Waals surface area contributed by atoms with Gasteiger partial charge in [0.15, 0.2) is 0 Å². The molecule has 39 heavy (non-hydrogen) atoms. The molecule has 0 saturated heterocycles. The Morgan fingerprint density at radius 1 is 1.08 bits per heavy atom. The maximum atomic E-state index is 13.8. The number of fused-ring (bicyclic) bond motifs is 1. The second-order valence-electron chi connectivity index (χ2n) is 9.96. The van der Waals surface area contributed by atoms with E-state index in [1.165, 1.54) is 5.56 Å². The first-order chi connectivity index (χ1) is 18.8. The Morgan fingerprint density at radius 2 is 1.85 bits per heavy atom. The van der Waals surface area contributed by atoms with Gasteiger partial charge in [0, 0.05) is 17.1 Å². The molecule has 0 spiro atoms. The van der Waals surface area contributed by atoms with Gasteiger partial charge in [-0.15, -0.1) is 5.10 Å². The van der Waals surface area contributed by atoms with Gasteiger partial charge in [-0.1, -0.05) is 80.2 Å². The molecule has 0 fully saturated rings. The normalized spacial score (nSPS) is 14.7. The molecular weight excluding hydrogens is 506 g/mol. The van der Waals surface area contributed by atoms with E-state index in [9.17, 15) is 4.79 Å². The van der Waals surface area contributed by atoms with Crippen molar-refractivity contribution in [2.45, 2.75) is 50.6 Å². The zero-order chi connectivity index (χ0) is 27.5. The molecule has 5 rings (SSSR count). The molecule has 0 bridgehead atoms. The number of carbonyl (C=O) groups is 1. The molecule has 200 valence electrons. The summed E-state index contributed by atoms with van der Waals surface area (Å²) < 4.78 is 7.19. The highest BCUT2D eigenvalue weighted by Gasteiger charge is 2.34. The van der Waals surface area contributed by atoms with Gasteiger partial charge in [0.1, 0.15) is 11.8 Å². The Kier molecular flexibility index (Phi) is 7.74. The topological polar surface area (TPSA) is 81.1 Å². The zero-order valence-corrected chi connectivity index (χ0v) is 23.7. The molecule has 1 amide bonds. The smallest absolute Gasteiger partial charge is 0.255 e. The molecule has 2 heterocycles. The third-order valence-corrected chi connectivity index (χ3v) is 7.80. The van der Waals surface area contributed by atoms with Crippen molar-refractivity contribution in [2.24, 2.45) is 0 Å². The number of rotatable bonds is 8. The van der Waals surface area contributed by atoms with Gasteiger partial charge >= 0.3 is 0 Å². The highest BCUT2D eigenvalue weighted by Crippen LogP contribution is 2.37. The Balaban J connectivity index is 1.49. The molecule has 0 unspecified atom stereocenters. The number of carbonyl (C=O) groups excluding carboxylic acids is 1. The summed E-state index contributed by atoms with van der Waals surface area (Å²) in [5, 5.41) is 12.0. The molecule has 0 saturated carbocycles. The van der Waals surface area contributed by atoms with E-state index in [1.807, 2.05) is 61.0 Å². The van der Waals surface area contributed by atoms with Crippen molar-refractivity contribution in [3.63, 3.8) is 0 Å². The quantitative estimate of drug-likeness (QED) is 0.236. The number of thioether (sulfide) groups is 1. The van der Waals surface area contributed by atoms with E-state index < -0.39 is 6.04 Å². The minimum absolute atomic E-state index is 0.168. The molecule has 1 aliphatic heterocycles. The predicted molar refractivity (Wildman–Crippen MR) is 157 cm³/mol. The van der Waals surface area contributed by atoms with E-state index in [-0.39, 0.29) is 5.91 Å². The molecule has 1 aromatic heterocycles. The number of nitrogens with zero attached hydrogens (tertiary/aromatic N) is 3. The molecular formula is C31H33N5O2S. The number of nitrogens with one attached hydrogen (secondary N) is 2. The number of para-hydroxylation sites is 1. The number of amides is 1. The molecule has 2 N–H and O–H groups in total. The van der Waals surface area contributed by atoms with E-state index in [1.54, 1.807) is 18.9 Å². The highest BCUT2D eigenvalue weighted by atomic mass is 32.2. The van der Waals surface area contributed by atoms with Crippen molar-refractivity contribution >= 4 is 29.3 Å².